The van der Waals surface area contributed by atoms with Gasteiger partial charge in [-0.2, -0.15) is 0 Å². The van der Waals surface area contributed by atoms with Gasteiger partial charge in [0.2, 0.25) is 0 Å². The molecule has 0 rings (SSSR count). The zero-order chi connectivity index (χ0) is 8.53. The van der Waals surface area contributed by atoms with E-state index in [1.54, 1.807) is 0 Å². The number of nitriles is 1. The fourth-order valence-corrected chi connectivity index (χ4v) is 2.55. The van der Waals surface area contributed by atoms with Gasteiger partial charge in [-0.3, -0.25) is 0 Å². The van der Waals surface area contributed by atoms with E-state index in [4.69, 9.17) is 5.26 Å². The SMILES string of the molecule is CCCCC(CC)C[Se]C#N. The van der Waals surface area contributed by atoms with E-state index in [1.165, 1.54) is 31.0 Å². The fraction of sp³-hybridized carbons (Fsp3) is 0.889. The predicted molar refractivity (Wildman–Crippen MR) is 49.5 cm³/mol. The second kappa shape index (κ2) is 8.11. The van der Waals surface area contributed by atoms with Crippen LogP contribution in [0.4, 0.5) is 0 Å². The van der Waals surface area contributed by atoms with E-state index in [2.05, 4.69) is 18.8 Å². The Morgan fingerprint density at radius 1 is 1.45 bits per heavy atom. The van der Waals surface area contributed by atoms with Crippen LogP contribution in [-0.2, 0) is 0 Å². The predicted octanol–water partition coefficient (Wildman–Crippen LogP) is 2.81. The van der Waals surface area contributed by atoms with Crippen molar-refractivity contribution in [2.75, 3.05) is 0 Å². The van der Waals surface area contributed by atoms with Crippen molar-refractivity contribution < 1.29 is 0 Å². The van der Waals surface area contributed by atoms with Crippen molar-refractivity contribution in [3.05, 3.63) is 0 Å². The van der Waals surface area contributed by atoms with Crippen LogP contribution in [0.25, 0.3) is 0 Å². The molecule has 0 radical (unpaired) electrons. The van der Waals surface area contributed by atoms with Crippen LogP contribution in [0, 0.1) is 16.1 Å². The molecule has 0 aliphatic rings. The van der Waals surface area contributed by atoms with Crippen molar-refractivity contribution in [3.63, 3.8) is 0 Å². The Kier molecular flexibility index (Phi) is 8.12. The number of unbranched alkanes of at least 4 members (excludes halogenated alkanes) is 1. The van der Waals surface area contributed by atoms with Gasteiger partial charge in [0.1, 0.15) is 0 Å². The van der Waals surface area contributed by atoms with Gasteiger partial charge < -0.3 is 0 Å². The summed E-state index contributed by atoms with van der Waals surface area (Å²) in [4.78, 5) is 2.27. The molecular formula is C9H17NSe. The molecule has 64 valence electrons. The molecule has 0 aliphatic heterocycles. The second-order valence-electron chi connectivity index (χ2n) is 2.82. The molecule has 0 saturated carbocycles. The van der Waals surface area contributed by atoms with Crippen LogP contribution in [-0.4, -0.2) is 15.0 Å². The van der Waals surface area contributed by atoms with Gasteiger partial charge in [-0.15, -0.1) is 0 Å². The molecule has 1 atom stereocenters. The van der Waals surface area contributed by atoms with E-state index in [0.29, 0.717) is 0 Å². The summed E-state index contributed by atoms with van der Waals surface area (Å²) in [6.45, 7) is 4.45. The molecular weight excluding hydrogens is 201 g/mol. The molecule has 2 heteroatoms. The minimum absolute atomic E-state index is 0.244. The standard InChI is InChI=1S/C9H17NSe/c1-3-5-6-9(4-2)7-11-8-10/h9H,3-7H2,1-2H3. The van der Waals surface area contributed by atoms with Crippen molar-refractivity contribution in [1.29, 1.82) is 5.26 Å². The van der Waals surface area contributed by atoms with E-state index in [-0.39, 0.29) is 15.0 Å². The van der Waals surface area contributed by atoms with Crippen LogP contribution in [0.1, 0.15) is 39.5 Å². The van der Waals surface area contributed by atoms with Gasteiger partial charge in [0.25, 0.3) is 0 Å². The Balaban J connectivity index is 3.34. The van der Waals surface area contributed by atoms with Crippen molar-refractivity contribution in [2.45, 2.75) is 44.9 Å². The normalized spacial score (nSPS) is 12.5. The molecule has 0 aromatic carbocycles. The Labute approximate surface area is 76.3 Å². The zero-order valence-corrected chi connectivity index (χ0v) is 9.18. The van der Waals surface area contributed by atoms with Gasteiger partial charge in [-0.1, -0.05) is 0 Å². The molecule has 0 amide bonds. The number of nitrogens with zero attached hydrogens (tertiary/aromatic N) is 1. The van der Waals surface area contributed by atoms with Crippen LogP contribution in [0.2, 0.25) is 5.32 Å². The number of rotatable bonds is 6. The first kappa shape index (κ1) is 11.0. The summed E-state index contributed by atoms with van der Waals surface area (Å²) < 4.78 is 0. The van der Waals surface area contributed by atoms with E-state index in [9.17, 15) is 0 Å². The van der Waals surface area contributed by atoms with Gasteiger partial charge >= 0.3 is 76.0 Å². The van der Waals surface area contributed by atoms with Gasteiger partial charge in [0, 0.05) is 0 Å². The first-order valence-corrected chi connectivity index (χ1v) is 6.42. The van der Waals surface area contributed by atoms with Crippen molar-refractivity contribution in [3.8, 4) is 4.97 Å². The molecule has 0 heterocycles. The Bertz CT molecular complexity index is 117. The molecule has 1 nitrogen and oxygen atoms in total. The molecule has 11 heavy (non-hydrogen) atoms. The summed E-state index contributed by atoms with van der Waals surface area (Å²) in [5, 5.41) is 9.58. The quantitative estimate of drug-likeness (QED) is 0.629. The maximum atomic E-state index is 8.41. The van der Waals surface area contributed by atoms with Crippen LogP contribution >= 0.6 is 0 Å². The average molecular weight is 218 g/mol. The molecule has 0 aromatic rings. The molecule has 0 spiro atoms. The Morgan fingerprint density at radius 2 is 2.18 bits per heavy atom. The van der Waals surface area contributed by atoms with Crippen molar-refractivity contribution >= 4 is 15.0 Å². The van der Waals surface area contributed by atoms with Crippen LogP contribution in [0.15, 0.2) is 0 Å². The molecule has 0 bridgehead atoms. The summed E-state index contributed by atoms with van der Waals surface area (Å²) >= 11 is 0.244. The summed E-state index contributed by atoms with van der Waals surface area (Å²) in [5.74, 6) is 0.828. The maximum absolute atomic E-state index is 8.41. The Hall–Kier alpha value is 0.00948. The average Bonchev–Trinajstić information content (AvgIpc) is 2.05. The summed E-state index contributed by atoms with van der Waals surface area (Å²) in [6, 6.07) is 0. The number of hydrogen-bond acceptors (Lipinski definition) is 1. The third kappa shape index (κ3) is 6.41. The van der Waals surface area contributed by atoms with Gasteiger partial charge in [-0.25, -0.2) is 0 Å². The first-order valence-electron chi connectivity index (χ1n) is 4.36. The van der Waals surface area contributed by atoms with Gasteiger partial charge in [0.05, 0.1) is 0 Å². The zero-order valence-electron chi connectivity index (χ0n) is 7.47. The molecule has 0 aromatic heterocycles. The van der Waals surface area contributed by atoms with E-state index in [0.717, 1.165) is 5.92 Å². The fourth-order valence-electron chi connectivity index (χ4n) is 1.05. The summed E-state index contributed by atoms with van der Waals surface area (Å²) in [7, 11) is 0. The van der Waals surface area contributed by atoms with Crippen LogP contribution in [0.5, 0.6) is 0 Å². The van der Waals surface area contributed by atoms with Crippen LogP contribution < -0.4 is 0 Å². The second-order valence-corrected chi connectivity index (χ2v) is 4.51. The summed E-state index contributed by atoms with van der Waals surface area (Å²) in [6.07, 6.45) is 5.20. The molecule has 0 N–H and O–H groups in total. The molecule has 0 fully saturated rings. The van der Waals surface area contributed by atoms with E-state index >= 15 is 0 Å². The van der Waals surface area contributed by atoms with Crippen LogP contribution in [0.3, 0.4) is 0 Å². The van der Waals surface area contributed by atoms with Crippen molar-refractivity contribution in [2.24, 2.45) is 5.92 Å². The Morgan fingerprint density at radius 3 is 2.64 bits per heavy atom. The van der Waals surface area contributed by atoms with Crippen molar-refractivity contribution in [1.82, 2.24) is 0 Å². The monoisotopic (exact) mass is 219 g/mol. The summed E-state index contributed by atoms with van der Waals surface area (Å²) in [5.41, 5.74) is 0. The molecule has 0 saturated heterocycles. The van der Waals surface area contributed by atoms with E-state index in [1.807, 2.05) is 0 Å². The number of hydrogen-bond donors (Lipinski definition) is 0. The molecule has 1 unspecified atom stereocenters. The third-order valence-electron chi connectivity index (χ3n) is 1.93. The first-order chi connectivity index (χ1) is 5.35. The molecule has 0 aliphatic carbocycles. The third-order valence-corrected chi connectivity index (χ3v) is 3.54. The van der Waals surface area contributed by atoms with E-state index < -0.39 is 0 Å². The topological polar surface area (TPSA) is 23.8 Å². The minimum atomic E-state index is 0.244. The van der Waals surface area contributed by atoms with Gasteiger partial charge in [0.15, 0.2) is 0 Å². The van der Waals surface area contributed by atoms with Gasteiger partial charge in [-0.05, 0) is 0 Å².